The Morgan fingerprint density at radius 3 is 2.52 bits per heavy atom. The maximum absolute atomic E-state index is 12.0. The molecule has 6 heteroatoms. The van der Waals surface area contributed by atoms with Gasteiger partial charge in [0.05, 0.1) is 33.0 Å². The highest BCUT2D eigenvalue weighted by Gasteiger charge is 2.05. The lowest BCUT2D eigenvalue weighted by Gasteiger charge is -2.10. The Bertz CT molecular complexity index is 757. The van der Waals surface area contributed by atoms with Gasteiger partial charge in [0.2, 0.25) is 5.91 Å². The number of nitrogens with zero attached hydrogens (tertiary/aromatic N) is 1. The first kappa shape index (κ1) is 20.3. The molecule has 0 heterocycles. The first-order valence-electron chi connectivity index (χ1n) is 9.00. The molecule has 0 aliphatic heterocycles. The highest BCUT2D eigenvalue weighted by Crippen LogP contribution is 2.27. The molecule has 1 N–H and O–H groups in total. The molecule has 0 bridgehead atoms. The lowest BCUT2D eigenvalue weighted by atomic mass is 10.1. The van der Waals surface area contributed by atoms with Crippen molar-refractivity contribution in [3.63, 3.8) is 0 Å². The molecule has 0 aromatic heterocycles. The summed E-state index contributed by atoms with van der Waals surface area (Å²) < 4.78 is 16.3. The van der Waals surface area contributed by atoms with Gasteiger partial charge in [-0.15, -0.1) is 0 Å². The predicted molar refractivity (Wildman–Crippen MR) is 106 cm³/mol. The largest absolute Gasteiger partial charge is 0.494 e. The molecule has 0 spiro atoms. The molecule has 6 nitrogen and oxygen atoms in total. The highest BCUT2D eigenvalue weighted by molar-refractivity contribution is 5.84. The van der Waals surface area contributed by atoms with Crippen molar-refractivity contribution in [3.05, 3.63) is 53.6 Å². The number of hydrogen-bond acceptors (Lipinski definition) is 5. The van der Waals surface area contributed by atoms with Gasteiger partial charge in [-0.25, -0.2) is 5.43 Å². The fraction of sp³-hybridized carbons (Fsp3) is 0.333. The Balaban J connectivity index is 1.89. The van der Waals surface area contributed by atoms with E-state index in [1.165, 1.54) is 0 Å². The van der Waals surface area contributed by atoms with Crippen molar-refractivity contribution in [2.45, 2.75) is 26.7 Å². The van der Waals surface area contributed by atoms with E-state index in [9.17, 15) is 4.79 Å². The lowest BCUT2D eigenvalue weighted by Crippen LogP contribution is -2.19. The third-order valence-electron chi connectivity index (χ3n) is 3.65. The van der Waals surface area contributed by atoms with Crippen molar-refractivity contribution in [3.8, 4) is 17.2 Å². The van der Waals surface area contributed by atoms with Gasteiger partial charge in [0.1, 0.15) is 5.75 Å². The normalized spacial score (nSPS) is 10.6. The summed E-state index contributed by atoms with van der Waals surface area (Å²) in [6.45, 7) is 5.22. The molecule has 0 saturated heterocycles. The summed E-state index contributed by atoms with van der Waals surface area (Å²) in [5.74, 6) is 1.93. The van der Waals surface area contributed by atoms with Gasteiger partial charge in [-0.05, 0) is 54.8 Å². The van der Waals surface area contributed by atoms with Crippen LogP contribution in [0.4, 0.5) is 0 Å². The Kier molecular flexibility index (Phi) is 8.16. The molecule has 2 rings (SSSR count). The van der Waals surface area contributed by atoms with Crippen molar-refractivity contribution in [1.82, 2.24) is 5.43 Å². The molecule has 0 aliphatic carbocycles. The monoisotopic (exact) mass is 370 g/mol. The van der Waals surface area contributed by atoms with Gasteiger partial charge in [-0.1, -0.05) is 19.1 Å². The van der Waals surface area contributed by atoms with Crippen molar-refractivity contribution >= 4 is 12.1 Å². The number of rotatable bonds is 10. The number of ether oxygens (including phenoxy) is 3. The number of carbonyl (C=O) groups is 1. The van der Waals surface area contributed by atoms with E-state index in [0.29, 0.717) is 24.7 Å². The van der Waals surface area contributed by atoms with E-state index < -0.39 is 0 Å². The van der Waals surface area contributed by atoms with Crippen LogP contribution >= 0.6 is 0 Å². The van der Waals surface area contributed by atoms with Crippen molar-refractivity contribution in [1.29, 1.82) is 0 Å². The van der Waals surface area contributed by atoms with Gasteiger partial charge in [0, 0.05) is 0 Å². The molecule has 1 amide bonds. The van der Waals surface area contributed by atoms with Crippen LogP contribution in [-0.2, 0) is 11.2 Å². The minimum absolute atomic E-state index is 0.190. The lowest BCUT2D eigenvalue weighted by molar-refractivity contribution is -0.120. The molecule has 0 atom stereocenters. The Labute approximate surface area is 160 Å². The summed E-state index contributed by atoms with van der Waals surface area (Å²) in [5, 5.41) is 4.01. The Hall–Kier alpha value is -3.02. The smallest absolute Gasteiger partial charge is 0.244 e. The van der Waals surface area contributed by atoms with E-state index >= 15 is 0 Å². The minimum atomic E-state index is -0.190. The average molecular weight is 370 g/mol. The van der Waals surface area contributed by atoms with Gasteiger partial charge < -0.3 is 14.2 Å². The molecular formula is C21H26N2O4. The molecular weight excluding hydrogens is 344 g/mol. The molecule has 0 unspecified atom stereocenters. The molecule has 0 radical (unpaired) electrons. The van der Waals surface area contributed by atoms with Crippen LogP contribution in [0.25, 0.3) is 0 Å². The molecule has 0 saturated carbocycles. The molecule has 0 fully saturated rings. The van der Waals surface area contributed by atoms with Crippen LogP contribution in [0.3, 0.4) is 0 Å². The summed E-state index contributed by atoms with van der Waals surface area (Å²) in [7, 11) is 1.59. The molecule has 144 valence electrons. The van der Waals surface area contributed by atoms with E-state index in [2.05, 4.69) is 10.5 Å². The summed E-state index contributed by atoms with van der Waals surface area (Å²) in [4.78, 5) is 12.0. The van der Waals surface area contributed by atoms with Crippen LogP contribution in [0, 0.1) is 0 Å². The number of hydrazone groups is 1. The van der Waals surface area contributed by atoms with E-state index in [4.69, 9.17) is 14.2 Å². The maximum atomic E-state index is 12.0. The standard InChI is InChI=1S/C21H26N2O4/c1-4-12-27-19-11-8-17(13-20(19)25-3)15-22-23-21(24)14-16-6-9-18(10-7-16)26-5-2/h6-11,13,15H,4-5,12,14H2,1-3H3,(H,23,24)/b22-15-. The first-order valence-corrected chi connectivity index (χ1v) is 9.00. The molecule has 27 heavy (non-hydrogen) atoms. The van der Waals surface area contributed by atoms with Crippen LogP contribution < -0.4 is 19.6 Å². The molecule has 2 aromatic rings. The fourth-order valence-electron chi connectivity index (χ4n) is 2.37. The highest BCUT2D eigenvalue weighted by atomic mass is 16.5. The maximum Gasteiger partial charge on any atom is 0.244 e. The predicted octanol–water partition coefficient (Wildman–Crippen LogP) is 3.58. The van der Waals surface area contributed by atoms with Gasteiger partial charge in [0.25, 0.3) is 0 Å². The van der Waals surface area contributed by atoms with Gasteiger partial charge in [-0.2, -0.15) is 5.10 Å². The number of amides is 1. The number of nitrogens with one attached hydrogen (secondary N) is 1. The third kappa shape index (κ3) is 6.66. The van der Waals surface area contributed by atoms with Crippen LogP contribution in [0.1, 0.15) is 31.4 Å². The van der Waals surface area contributed by atoms with Crippen molar-refractivity contribution < 1.29 is 19.0 Å². The summed E-state index contributed by atoms with van der Waals surface area (Å²) in [6.07, 6.45) is 2.74. The van der Waals surface area contributed by atoms with Gasteiger partial charge in [0.15, 0.2) is 11.5 Å². The average Bonchev–Trinajstić information content (AvgIpc) is 2.68. The second-order valence-corrected chi connectivity index (χ2v) is 5.81. The Morgan fingerprint density at radius 1 is 1.07 bits per heavy atom. The topological polar surface area (TPSA) is 69.2 Å². The SMILES string of the molecule is CCCOc1ccc(/C=N\NC(=O)Cc2ccc(OCC)cc2)cc1OC. The van der Waals surface area contributed by atoms with Crippen molar-refractivity contribution in [2.75, 3.05) is 20.3 Å². The zero-order chi connectivity index (χ0) is 19.5. The second-order valence-electron chi connectivity index (χ2n) is 5.81. The van der Waals surface area contributed by atoms with E-state index in [0.717, 1.165) is 23.3 Å². The van der Waals surface area contributed by atoms with E-state index in [-0.39, 0.29) is 12.3 Å². The summed E-state index contributed by atoms with van der Waals surface area (Å²) >= 11 is 0. The molecule has 0 aliphatic rings. The van der Waals surface area contributed by atoms with Crippen LogP contribution in [0.5, 0.6) is 17.2 Å². The number of carbonyl (C=O) groups excluding carboxylic acids is 1. The second kappa shape index (κ2) is 10.9. The Morgan fingerprint density at radius 2 is 1.85 bits per heavy atom. The summed E-state index contributed by atoms with van der Waals surface area (Å²) in [5.41, 5.74) is 4.23. The van der Waals surface area contributed by atoms with E-state index in [1.807, 2.05) is 56.3 Å². The van der Waals surface area contributed by atoms with Crippen molar-refractivity contribution in [2.24, 2.45) is 5.10 Å². The quantitative estimate of drug-likeness (QED) is 0.513. The first-order chi connectivity index (χ1) is 13.2. The van der Waals surface area contributed by atoms with Crippen LogP contribution in [-0.4, -0.2) is 32.4 Å². The minimum Gasteiger partial charge on any atom is -0.494 e. The summed E-state index contributed by atoms with van der Waals surface area (Å²) in [6, 6.07) is 12.9. The van der Waals surface area contributed by atoms with Gasteiger partial charge in [-0.3, -0.25) is 4.79 Å². The number of hydrogen-bond donors (Lipinski definition) is 1. The third-order valence-corrected chi connectivity index (χ3v) is 3.65. The zero-order valence-corrected chi connectivity index (χ0v) is 16.0. The molecule has 2 aromatic carbocycles. The van der Waals surface area contributed by atoms with Crippen LogP contribution in [0.15, 0.2) is 47.6 Å². The van der Waals surface area contributed by atoms with Gasteiger partial charge >= 0.3 is 0 Å². The number of methoxy groups -OCH3 is 1. The van der Waals surface area contributed by atoms with Crippen LogP contribution in [0.2, 0.25) is 0 Å². The zero-order valence-electron chi connectivity index (χ0n) is 16.0. The number of benzene rings is 2. The fourth-order valence-corrected chi connectivity index (χ4v) is 2.37. The van der Waals surface area contributed by atoms with E-state index in [1.54, 1.807) is 13.3 Å².